The number of benzene rings is 2. The van der Waals surface area contributed by atoms with Crippen molar-refractivity contribution in [2.24, 2.45) is 0 Å². The number of rotatable bonds is 11. The number of amides is 1. The van der Waals surface area contributed by atoms with Crippen molar-refractivity contribution < 1.29 is 41.4 Å². The van der Waals surface area contributed by atoms with Gasteiger partial charge in [-0.05, 0) is 55.7 Å². The van der Waals surface area contributed by atoms with Crippen molar-refractivity contribution >= 4 is 16.0 Å². The first-order chi connectivity index (χ1) is 20.0. The smallest absolute Gasteiger partial charge is 0.357 e. The number of nitrogens with zero attached hydrogens (tertiary/aromatic N) is 2. The number of methoxy groups -OCH3 is 1. The highest BCUT2D eigenvalue weighted by Gasteiger charge is 2.31. The quantitative estimate of drug-likeness (QED) is 0.316. The number of hydrogen-bond acceptors (Lipinski definition) is 10. The molecule has 2 atom stereocenters. The summed E-state index contributed by atoms with van der Waals surface area (Å²) in [6, 6.07) is 12.5. The van der Waals surface area contributed by atoms with Gasteiger partial charge in [-0.3, -0.25) is 4.79 Å². The number of aliphatic hydroxyl groups excluding tert-OH is 1. The van der Waals surface area contributed by atoms with Crippen LogP contribution >= 0.6 is 0 Å². The van der Waals surface area contributed by atoms with E-state index < -0.39 is 10.1 Å². The van der Waals surface area contributed by atoms with Gasteiger partial charge in [-0.15, -0.1) is 0 Å². The summed E-state index contributed by atoms with van der Waals surface area (Å²) in [5, 5.41) is 9.17. The van der Waals surface area contributed by atoms with Crippen LogP contribution in [-0.2, 0) is 14.9 Å². The lowest BCUT2D eigenvalue weighted by molar-refractivity contribution is -0.0586. The maximum atomic E-state index is 13.7. The maximum Gasteiger partial charge on any atom is 0.357 e. The van der Waals surface area contributed by atoms with Gasteiger partial charge in [0.05, 0.1) is 25.9 Å². The van der Waals surface area contributed by atoms with Crippen LogP contribution < -0.4 is 18.4 Å². The summed E-state index contributed by atoms with van der Waals surface area (Å²) < 4.78 is 55.5. The van der Waals surface area contributed by atoms with Crippen molar-refractivity contribution in [3.63, 3.8) is 0 Å². The number of para-hydroxylation sites is 2. The first-order valence-corrected chi connectivity index (χ1v) is 15.0. The van der Waals surface area contributed by atoms with E-state index in [1.807, 2.05) is 27.7 Å². The Hall–Kier alpha value is -3.87. The standard InChI is InChI=1S/C30H36N2O9S/c1-19(2)22-10-11-28(31-16-22)42(35,36)41-27-15-23(30(34)32-17-20(3)39-21(4)18-32)14-26(38-13-12-33)29(27)40-25-9-7-6-8-24(25)37-5/h6-11,14-16,19-21,33H,12-13,17-18H2,1-5H3. The number of hydrogen-bond donors (Lipinski definition) is 1. The van der Waals surface area contributed by atoms with E-state index in [0.717, 1.165) is 5.56 Å². The van der Waals surface area contributed by atoms with Gasteiger partial charge in [0.1, 0.15) is 6.61 Å². The fourth-order valence-corrected chi connectivity index (χ4v) is 5.37. The third-order valence-corrected chi connectivity index (χ3v) is 7.64. The molecule has 0 bridgehead atoms. The zero-order valence-corrected chi connectivity index (χ0v) is 25.1. The highest BCUT2D eigenvalue weighted by atomic mass is 32.2. The molecule has 1 aliphatic rings. The van der Waals surface area contributed by atoms with E-state index in [9.17, 15) is 18.3 Å². The average Bonchev–Trinajstić information content (AvgIpc) is 2.96. The van der Waals surface area contributed by atoms with Crippen LogP contribution in [0.4, 0.5) is 0 Å². The predicted octanol–water partition coefficient (Wildman–Crippen LogP) is 4.39. The van der Waals surface area contributed by atoms with Crippen LogP contribution in [0.5, 0.6) is 28.7 Å². The van der Waals surface area contributed by atoms with Crippen LogP contribution in [0.15, 0.2) is 59.8 Å². The van der Waals surface area contributed by atoms with Crippen LogP contribution in [0.2, 0.25) is 0 Å². The van der Waals surface area contributed by atoms with Crippen LogP contribution in [0.3, 0.4) is 0 Å². The minimum absolute atomic E-state index is 0.0107. The summed E-state index contributed by atoms with van der Waals surface area (Å²) in [4.78, 5) is 19.4. The molecular formula is C30H36N2O9S. The van der Waals surface area contributed by atoms with E-state index in [-0.39, 0.29) is 70.8 Å². The Kier molecular flexibility index (Phi) is 9.92. The second-order valence-corrected chi connectivity index (χ2v) is 11.7. The largest absolute Gasteiger partial charge is 0.493 e. The fraction of sp³-hybridized carbons (Fsp3) is 0.400. The molecule has 1 amide bonds. The molecule has 0 spiro atoms. The van der Waals surface area contributed by atoms with Gasteiger partial charge < -0.3 is 33.1 Å². The summed E-state index contributed by atoms with van der Waals surface area (Å²) in [7, 11) is -3.02. The van der Waals surface area contributed by atoms with E-state index >= 15 is 0 Å². The van der Waals surface area contributed by atoms with E-state index in [1.54, 1.807) is 35.2 Å². The van der Waals surface area contributed by atoms with Gasteiger partial charge >= 0.3 is 10.1 Å². The molecule has 0 aliphatic carbocycles. The average molecular weight is 601 g/mol. The Balaban J connectivity index is 1.83. The fourth-order valence-electron chi connectivity index (χ4n) is 4.51. The second kappa shape index (κ2) is 13.4. The number of ether oxygens (including phenoxy) is 4. The van der Waals surface area contributed by atoms with Crippen molar-refractivity contribution in [3.05, 3.63) is 65.9 Å². The molecule has 2 heterocycles. The zero-order valence-electron chi connectivity index (χ0n) is 24.3. The molecule has 42 heavy (non-hydrogen) atoms. The highest BCUT2D eigenvalue weighted by Crippen LogP contribution is 2.45. The molecule has 3 aromatic rings. The Bertz CT molecular complexity index is 1480. The van der Waals surface area contributed by atoms with Crippen molar-refractivity contribution in [2.75, 3.05) is 33.4 Å². The van der Waals surface area contributed by atoms with Gasteiger partial charge in [0.25, 0.3) is 5.91 Å². The number of aromatic nitrogens is 1. The number of carbonyl (C=O) groups is 1. The van der Waals surface area contributed by atoms with Crippen LogP contribution in [0, 0.1) is 0 Å². The molecule has 1 aliphatic heterocycles. The van der Waals surface area contributed by atoms with Crippen molar-refractivity contribution in [1.29, 1.82) is 0 Å². The molecule has 0 radical (unpaired) electrons. The normalized spacial score (nSPS) is 17.2. The summed E-state index contributed by atoms with van der Waals surface area (Å²) in [5.74, 6) is -0.0676. The molecule has 1 N–H and O–H groups in total. The summed E-state index contributed by atoms with van der Waals surface area (Å²) in [6.07, 6.45) is 1.10. The first-order valence-electron chi connectivity index (χ1n) is 13.6. The summed E-state index contributed by atoms with van der Waals surface area (Å²) in [5.41, 5.74) is 0.959. The van der Waals surface area contributed by atoms with E-state index in [2.05, 4.69) is 4.98 Å². The third-order valence-electron chi connectivity index (χ3n) is 6.49. The maximum absolute atomic E-state index is 13.7. The first kappa shape index (κ1) is 31.1. The van der Waals surface area contributed by atoms with Gasteiger partial charge in [-0.1, -0.05) is 32.0 Å². The lowest BCUT2D eigenvalue weighted by Crippen LogP contribution is -2.48. The molecule has 2 unspecified atom stereocenters. The number of pyridine rings is 1. The van der Waals surface area contributed by atoms with Crippen molar-refractivity contribution in [1.82, 2.24) is 9.88 Å². The molecule has 1 saturated heterocycles. The molecule has 4 rings (SSSR count). The number of aliphatic hydroxyl groups is 1. The van der Waals surface area contributed by atoms with E-state index in [1.165, 1.54) is 31.5 Å². The van der Waals surface area contributed by atoms with Gasteiger partial charge in [0, 0.05) is 24.8 Å². The zero-order chi connectivity index (χ0) is 30.4. The van der Waals surface area contributed by atoms with Crippen molar-refractivity contribution in [3.8, 4) is 28.7 Å². The minimum Gasteiger partial charge on any atom is -0.493 e. The molecule has 226 valence electrons. The molecule has 1 aromatic heterocycles. The van der Waals surface area contributed by atoms with Gasteiger partial charge in [-0.25, -0.2) is 4.98 Å². The second-order valence-electron chi connectivity index (χ2n) is 10.2. The Labute approximate surface area is 246 Å². The molecule has 0 saturated carbocycles. The Morgan fingerprint density at radius 2 is 1.71 bits per heavy atom. The molecule has 2 aromatic carbocycles. The van der Waals surface area contributed by atoms with Gasteiger partial charge in [0.2, 0.25) is 5.75 Å². The molecule has 11 nitrogen and oxygen atoms in total. The summed E-state index contributed by atoms with van der Waals surface area (Å²) >= 11 is 0. The Morgan fingerprint density at radius 3 is 2.31 bits per heavy atom. The number of morpholine rings is 1. The third kappa shape index (κ3) is 7.30. The predicted molar refractivity (Wildman–Crippen MR) is 154 cm³/mol. The SMILES string of the molecule is COc1ccccc1Oc1c(OCCO)cc(C(=O)N2CC(C)OC(C)C2)cc1OS(=O)(=O)c1ccc(C(C)C)cn1. The van der Waals surface area contributed by atoms with Crippen LogP contribution in [0.1, 0.15) is 49.5 Å². The monoisotopic (exact) mass is 600 g/mol. The summed E-state index contributed by atoms with van der Waals surface area (Å²) in [6.45, 7) is 7.86. The lowest BCUT2D eigenvalue weighted by Gasteiger charge is -2.35. The molecular weight excluding hydrogens is 564 g/mol. The number of carbonyl (C=O) groups excluding carboxylic acids is 1. The highest BCUT2D eigenvalue weighted by molar-refractivity contribution is 7.87. The Morgan fingerprint density at radius 1 is 1.05 bits per heavy atom. The van der Waals surface area contributed by atoms with E-state index in [4.69, 9.17) is 23.1 Å². The lowest BCUT2D eigenvalue weighted by atomic mass is 10.1. The van der Waals surface area contributed by atoms with Gasteiger partial charge in [-0.2, -0.15) is 8.42 Å². The topological polar surface area (TPSA) is 134 Å². The van der Waals surface area contributed by atoms with Crippen LogP contribution in [0.25, 0.3) is 0 Å². The molecule has 1 fully saturated rings. The molecule has 12 heteroatoms. The minimum atomic E-state index is -4.48. The van der Waals surface area contributed by atoms with Gasteiger partial charge in [0.15, 0.2) is 28.0 Å². The van der Waals surface area contributed by atoms with Crippen molar-refractivity contribution in [2.45, 2.75) is 50.8 Å². The van der Waals surface area contributed by atoms with E-state index in [0.29, 0.717) is 18.8 Å². The van der Waals surface area contributed by atoms with Crippen LogP contribution in [-0.4, -0.2) is 74.9 Å².